The summed E-state index contributed by atoms with van der Waals surface area (Å²) >= 11 is 3.60. The molecule has 0 amide bonds. The molecule has 3 heterocycles. The largest absolute Gasteiger partial charge is 0.455 e. The van der Waals surface area contributed by atoms with E-state index in [1.54, 1.807) is 11.3 Å². The molecule has 0 saturated carbocycles. The Kier molecular flexibility index (Phi) is 7.22. The lowest BCUT2D eigenvalue weighted by Crippen LogP contribution is -2.09. The van der Waals surface area contributed by atoms with Crippen LogP contribution in [0.1, 0.15) is 0 Å². The molecule has 5 heteroatoms. The third-order valence-corrected chi connectivity index (χ3v) is 12.5. The molecule has 0 fully saturated rings. The van der Waals surface area contributed by atoms with E-state index in [0.29, 0.717) is 0 Å². The van der Waals surface area contributed by atoms with Crippen LogP contribution < -0.4 is 4.90 Å². The zero-order valence-electron chi connectivity index (χ0n) is 28.9. The molecule has 0 unspecified atom stereocenters. The van der Waals surface area contributed by atoms with Crippen LogP contribution in [0.5, 0.6) is 0 Å². The second kappa shape index (κ2) is 12.6. The maximum atomic E-state index is 6.37. The average molecular weight is 727 g/mol. The van der Waals surface area contributed by atoms with Gasteiger partial charge in [-0.25, -0.2) is 4.98 Å². The first kappa shape index (κ1) is 31.0. The number of thiazole rings is 1. The molecular weight excluding hydrogens is 697 g/mol. The van der Waals surface area contributed by atoms with Gasteiger partial charge < -0.3 is 9.32 Å². The minimum absolute atomic E-state index is 0.910. The van der Waals surface area contributed by atoms with Gasteiger partial charge in [-0.15, -0.1) is 22.7 Å². The Morgan fingerprint density at radius 2 is 1.06 bits per heavy atom. The molecule has 254 valence electrons. The lowest BCUT2D eigenvalue weighted by Gasteiger charge is -2.26. The summed E-state index contributed by atoms with van der Waals surface area (Å²) in [4.78, 5) is 7.50. The molecule has 8 aromatic carbocycles. The highest BCUT2D eigenvalue weighted by Gasteiger charge is 2.17. The third kappa shape index (κ3) is 5.12. The van der Waals surface area contributed by atoms with E-state index in [-0.39, 0.29) is 0 Å². The van der Waals surface area contributed by atoms with Crippen molar-refractivity contribution in [1.82, 2.24) is 4.98 Å². The van der Waals surface area contributed by atoms with Crippen LogP contribution in [0.2, 0.25) is 0 Å². The summed E-state index contributed by atoms with van der Waals surface area (Å²) in [7, 11) is 0. The van der Waals surface area contributed by atoms with Gasteiger partial charge in [0.15, 0.2) is 0 Å². The van der Waals surface area contributed by atoms with Crippen LogP contribution in [0.25, 0.3) is 85.2 Å². The Labute approximate surface area is 319 Å². The van der Waals surface area contributed by atoms with E-state index in [4.69, 9.17) is 9.40 Å². The van der Waals surface area contributed by atoms with Crippen molar-refractivity contribution < 1.29 is 4.42 Å². The van der Waals surface area contributed by atoms with Crippen LogP contribution in [0.3, 0.4) is 0 Å². The minimum Gasteiger partial charge on any atom is -0.455 e. The number of hydrogen-bond donors (Lipinski definition) is 0. The van der Waals surface area contributed by atoms with Crippen molar-refractivity contribution in [3.63, 3.8) is 0 Å². The van der Waals surface area contributed by atoms with Crippen molar-refractivity contribution >= 4 is 92.1 Å². The van der Waals surface area contributed by atoms with Gasteiger partial charge in [0.1, 0.15) is 16.2 Å². The Morgan fingerprint density at radius 3 is 1.85 bits per heavy atom. The first-order chi connectivity index (χ1) is 26.7. The summed E-state index contributed by atoms with van der Waals surface area (Å²) in [6.07, 6.45) is 0. The van der Waals surface area contributed by atoms with Crippen LogP contribution in [-0.2, 0) is 0 Å². The lowest BCUT2D eigenvalue weighted by atomic mass is 10.0. The van der Waals surface area contributed by atoms with Gasteiger partial charge in [0, 0.05) is 59.1 Å². The van der Waals surface area contributed by atoms with Gasteiger partial charge in [0.2, 0.25) is 0 Å². The van der Waals surface area contributed by atoms with E-state index in [0.717, 1.165) is 66.2 Å². The minimum atomic E-state index is 0.910. The van der Waals surface area contributed by atoms with E-state index >= 15 is 0 Å². The van der Waals surface area contributed by atoms with E-state index in [1.807, 2.05) is 23.5 Å². The van der Waals surface area contributed by atoms with Crippen molar-refractivity contribution in [2.75, 3.05) is 4.90 Å². The number of aromatic nitrogens is 1. The Hall–Kier alpha value is -6.53. The Bertz CT molecular complexity index is 3140. The van der Waals surface area contributed by atoms with E-state index in [9.17, 15) is 0 Å². The SMILES string of the molecule is c1ccc(-c2nc3c(ccc4sc5ccc(-c6ccc(N(c7ccccc7)c7ccc(-c8cccc9c8oc8ccccc89)cc7)cc6)cc5c43)s2)cc1. The highest BCUT2D eigenvalue weighted by atomic mass is 32.1. The average Bonchev–Trinajstić information content (AvgIpc) is 3.95. The first-order valence-corrected chi connectivity index (χ1v) is 19.7. The number of nitrogens with zero attached hydrogens (tertiary/aromatic N) is 2. The molecule has 0 radical (unpaired) electrons. The number of hydrogen-bond acceptors (Lipinski definition) is 5. The molecule has 0 aliphatic carbocycles. The number of fused-ring (bicyclic) bond motifs is 8. The number of rotatable bonds is 6. The quantitative estimate of drug-likeness (QED) is 0.171. The van der Waals surface area contributed by atoms with Crippen LogP contribution >= 0.6 is 22.7 Å². The van der Waals surface area contributed by atoms with Crippen molar-refractivity contribution in [2.24, 2.45) is 0 Å². The molecule has 11 rings (SSSR count). The molecular formula is C49H30N2OS2. The monoisotopic (exact) mass is 726 g/mol. The van der Waals surface area contributed by atoms with Gasteiger partial charge in [-0.2, -0.15) is 0 Å². The summed E-state index contributed by atoms with van der Waals surface area (Å²) < 4.78 is 10.1. The molecule has 3 nitrogen and oxygen atoms in total. The smallest absolute Gasteiger partial charge is 0.143 e. The molecule has 0 N–H and O–H groups in total. The summed E-state index contributed by atoms with van der Waals surface area (Å²) in [6, 6.07) is 64.8. The van der Waals surface area contributed by atoms with Gasteiger partial charge in [-0.05, 0) is 83.4 Å². The third-order valence-electron chi connectivity index (χ3n) is 10.3. The summed E-state index contributed by atoms with van der Waals surface area (Å²) in [5.41, 5.74) is 11.9. The number of thiophene rings is 1. The number of benzene rings is 8. The fraction of sp³-hybridized carbons (Fsp3) is 0. The highest BCUT2D eigenvalue weighted by molar-refractivity contribution is 7.26. The van der Waals surface area contributed by atoms with Crippen LogP contribution in [0.4, 0.5) is 17.1 Å². The van der Waals surface area contributed by atoms with Gasteiger partial charge in [0.05, 0.1) is 10.2 Å². The molecule has 0 aliphatic heterocycles. The molecule has 0 spiro atoms. The van der Waals surface area contributed by atoms with Crippen LogP contribution in [-0.4, -0.2) is 4.98 Å². The fourth-order valence-corrected chi connectivity index (χ4v) is 9.80. The normalized spacial score (nSPS) is 11.7. The van der Waals surface area contributed by atoms with Crippen molar-refractivity contribution in [3.05, 3.63) is 182 Å². The van der Waals surface area contributed by atoms with Gasteiger partial charge in [-0.3, -0.25) is 0 Å². The molecule has 0 saturated heterocycles. The van der Waals surface area contributed by atoms with Gasteiger partial charge in [-0.1, -0.05) is 115 Å². The topological polar surface area (TPSA) is 29.3 Å². The predicted molar refractivity (Wildman–Crippen MR) is 231 cm³/mol. The first-order valence-electron chi connectivity index (χ1n) is 18.0. The zero-order chi connectivity index (χ0) is 35.6. The van der Waals surface area contributed by atoms with Crippen molar-refractivity contribution in [1.29, 1.82) is 0 Å². The molecule has 0 bridgehead atoms. The van der Waals surface area contributed by atoms with Crippen molar-refractivity contribution in [3.8, 4) is 32.8 Å². The second-order valence-electron chi connectivity index (χ2n) is 13.5. The number of para-hydroxylation sites is 3. The molecule has 54 heavy (non-hydrogen) atoms. The molecule has 3 aromatic heterocycles. The Morgan fingerprint density at radius 1 is 0.426 bits per heavy atom. The Balaban J connectivity index is 0.958. The maximum absolute atomic E-state index is 6.37. The lowest BCUT2D eigenvalue weighted by molar-refractivity contribution is 0.670. The highest BCUT2D eigenvalue weighted by Crippen LogP contribution is 2.44. The van der Waals surface area contributed by atoms with Gasteiger partial charge in [0.25, 0.3) is 0 Å². The predicted octanol–water partition coefficient (Wildman–Crippen LogP) is 15.0. The zero-order valence-corrected chi connectivity index (χ0v) is 30.6. The van der Waals surface area contributed by atoms with Gasteiger partial charge >= 0.3 is 0 Å². The van der Waals surface area contributed by atoms with Crippen molar-refractivity contribution in [2.45, 2.75) is 0 Å². The second-order valence-corrected chi connectivity index (χ2v) is 15.6. The summed E-state index contributed by atoms with van der Waals surface area (Å²) in [6.45, 7) is 0. The standard InChI is InChI=1S/C49H30N2OS2/c1-3-10-33(11-4-1)49-50-47-45(54-49)29-28-44-46(47)41-30-34(22-27-43(41)53-44)31-18-23-36(24-19-31)51(35-12-5-2-6-13-35)37-25-20-32(21-26-37)38-15-9-16-40-39-14-7-8-17-42(39)52-48(38)40/h1-30H. The fourth-order valence-electron chi connectivity index (χ4n) is 7.73. The number of anilines is 3. The van der Waals surface area contributed by atoms with E-state index in [1.165, 1.54) is 36.0 Å². The molecule has 11 aromatic rings. The molecule has 0 aliphatic rings. The molecule has 0 atom stereocenters. The van der Waals surface area contributed by atoms with Crippen LogP contribution in [0, 0.1) is 0 Å². The van der Waals surface area contributed by atoms with Crippen LogP contribution in [0.15, 0.2) is 186 Å². The summed E-state index contributed by atoms with van der Waals surface area (Å²) in [5.74, 6) is 0. The van der Waals surface area contributed by atoms with E-state index < -0.39 is 0 Å². The number of furan rings is 1. The summed E-state index contributed by atoms with van der Waals surface area (Å²) in [5, 5.41) is 5.85. The maximum Gasteiger partial charge on any atom is 0.143 e. The van der Waals surface area contributed by atoms with E-state index in [2.05, 4.69) is 175 Å².